The predicted octanol–water partition coefficient (Wildman–Crippen LogP) is 3.26. The summed E-state index contributed by atoms with van der Waals surface area (Å²) in [6.07, 6.45) is 0.188. The molecule has 0 saturated carbocycles. The van der Waals surface area contributed by atoms with Crippen LogP contribution in [-0.4, -0.2) is 61.9 Å². The maximum atomic E-state index is 5.69. The van der Waals surface area contributed by atoms with E-state index in [-0.39, 0.29) is 35.6 Å². The molecule has 0 bridgehead atoms. The predicted molar refractivity (Wildman–Crippen MR) is 127 cm³/mol. The molecule has 0 aromatic heterocycles. The van der Waals surface area contributed by atoms with Crippen LogP contribution in [0.1, 0.15) is 40.2 Å². The van der Waals surface area contributed by atoms with Crippen molar-refractivity contribution in [3.05, 3.63) is 29.8 Å². The Morgan fingerprint density at radius 3 is 2.39 bits per heavy atom. The van der Waals surface area contributed by atoms with Gasteiger partial charge >= 0.3 is 0 Å². The summed E-state index contributed by atoms with van der Waals surface area (Å²) >= 11 is 0. The van der Waals surface area contributed by atoms with E-state index in [1.807, 2.05) is 26.0 Å². The third-order valence-electron chi connectivity index (χ3n) is 4.61. The number of ether oxygens (including phenoxy) is 2. The van der Waals surface area contributed by atoms with Gasteiger partial charge in [0, 0.05) is 31.7 Å². The zero-order chi connectivity index (χ0) is 19.7. The maximum absolute atomic E-state index is 5.69. The standard InChI is InChI=1S/C21H36N4O2.HI/c1-6-22-20(24-16-21(4,5)25-11-13-26-14-12-25)23-15-18-7-9-19(10-8-18)27-17(2)3;/h7-10,17H,6,11-16H2,1-5H3,(H2,22,23,24);1H. The summed E-state index contributed by atoms with van der Waals surface area (Å²) in [4.78, 5) is 7.21. The number of hydrogen-bond acceptors (Lipinski definition) is 4. The van der Waals surface area contributed by atoms with Crippen molar-refractivity contribution in [2.24, 2.45) is 4.99 Å². The average Bonchev–Trinajstić information content (AvgIpc) is 2.65. The molecule has 6 nitrogen and oxygen atoms in total. The first-order valence-electron chi connectivity index (χ1n) is 10.0. The van der Waals surface area contributed by atoms with Crippen LogP contribution in [0.4, 0.5) is 0 Å². The minimum atomic E-state index is 0. The largest absolute Gasteiger partial charge is 0.491 e. The molecule has 1 aliphatic rings. The van der Waals surface area contributed by atoms with E-state index in [0.717, 1.165) is 56.7 Å². The van der Waals surface area contributed by atoms with Crippen LogP contribution in [0, 0.1) is 0 Å². The first-order chi connectivity index (χ1) is 12.9. The van der Waals surface area contributed by atoms with E-state index in [0.29, 0.717) is 6.54 Å². The number of rotatable bonds is 8. The Bertz CT molecular complexity index is 585. The van der Waals surface area contributed by atoms with E-state index >= 15 is 0 Å². The SMILES string of the molecule is CCNC(=NCc1ccc(OC(C)C)cc1)NCC(C)(C)N1CCOCC1.I. The van der Waals surface area contributed by atoms with Crippen LogP contribution in [0.25, 0.3) is 0 Å². The Kier molecular flexibility index (Phi) is 11.1. The van der Waals surface area contributed by atoms with E-state index < -0.39 is 0 Å². The number of morpholine rings is 1. The van der Waals surface area contributed by atoms with Gasteiger partial charge in [0.25, 0.3) is 0 Å². The minimum absolute atomic E-state index is 0. The first-order valence-corrected chi connectivity index (χ1v) is 10.0. The highest BCUT2D eigenvalue weighted by atomic mass is 127. The summed E-state index contributed by atoms with van der Waals surface area (Å²) in [5.41, 5.74) is 1.21. The second-order valence-corrected chi connectivity index (χ2v) is 7.77. The molecular weight excluding hydrogens is 467 g/mol. The number of benzene rings is 1. The topological polar surface area (TPSA) is 58.1 Å². The van der Waals surface area contributed by atoms with Crippen molar-refractivity contribution in [1.29, 1.82) is 0 Å². The van der Waals surface area contributed by atoms with E-state index in [1.54, 1.807) is 0 Å². The summed E-state index contributed by atoms with van der Waals surface area (Å²) in [6, 6.07) is 8.16. The van der Waals surface area contributed by atoms with Crippen LogP contribution in [0.3, 0.4) is 0 Å². The Morgan fingerprint density at radius 2 is 1.82 bits per heavy atom. The van der Waals surface area contributed by atoms with Gasteiger partial charge in [-0.2, -0.15) is 0 Å². The molecule has 0 unspecified atom stereocenters. The normalized spacial score (nSPS) is 15.9. The van der Waals surface area contributed by atoms with Gasteiger partial charge in [0.2, 0.25) is 0 Å². The van der Waals surface area contributed by atoms with E-state index in [2.05, 4.69) is 48.4 Å². The fourth-order valence-electron chi connectivity index (χ4n) is 3.04. The maximum Gasteiger partial charge on any atom is 0.191 e. The van der Waals surface area contributed by atoms with Gasteiger partial charge in [-0.25, -0.2) is 4.99 Å². The lowest BCUT2D eigenvalue weighted by atomic mass is 10.0. The molecule has 0 amide bonds. The molecule has 160 valence electrons. The third kappa shape index (κ3) is 8.53. The molecule has 28 heavy (non-hydrogen) atoms. The lowest BCUT2D eigenvalue weighted by Crippen LogP contribution is -2.56. The highest BCUT2D eigenvalue weighted by molar-refractivity contribution is 14.0. The molecular formula is C21H37IN4O2. The zero-order valence-electron chi connectivity index (χ0n) is 18.0. The lowest BCUT2D eigenvalue weighted by molar-refractivity contribution is -0.00834. The number of nitrogens with one attached hydrogen (secondary N) is 2. The molecule has 1 heterocycles. The molecule has 1 fully saturated rings. The van der Waals surface area contributed by atoms with Gasteiger partial charge in [0.1, 0.15) is 5.75 Å². The van der Waals surface area contributed by atoms with E-state index in [9.17, 15) is 0 Å². The molecule has 0 atom stereocenters. The highest BCUT2D eigenvalue weighted by Crippen LogP contribution is 2.16. The summed E-state index contributed by atoms with van der Waals surface area (Å²) in [6.45, 7) is 16.6. The smallest absolute Gasteiger partial charge is 0.191 e. The Morgan fingerprint density at radius 1 is 1.18 bits per heavy atom. The molecule has 2 rings (SSSR count). The second kappa shape index (κ2) is 12.5. The summed E-state index contributed by atoms with van der Waals surface area (Å²) in [5, 5.41) is 6.83. The Hall–Kier alpha value is -1.06. The quantitative estimate of drug-likeness (QED) is 0.324. The highest BCUT2D eigenvalue weighted by Gasteiger charge is 2.28. The number of halogens is 1. The van der Waals surface area contributed by atoms with Crippen LogP contribution >= 0.6 is 24.0 Å². The molecule has 1 saturated heterocycles. The molecule has 0 spiro atoms. The number of aliphatic imine (C=N–C) groups is 1. The summed E-state index contributed by atoms with van der Waals surface area (Å²) in [7, 11) is 0. The van der Waals surface area contributed by atoms with Crippen LogP contribution in [-0.2, 0) is 11.3 Å². The molecule has 2 N–H and O–H groups in total. The average molecular weight is 504 g/mol. The zero-order valence-corrected chi connectivity index (χ0v) is 20.3. The first kappa shape index (κ1) is 25.0. The fraction of sp³-hybridized carbons (Fsp3) is 0.667. The molecule has 1 aromatic rings. The lowest BCUT2D eigenvalue weighted by Gasteiger charge is -2.41. The van der Waals surface area contributed by atoms with E-state index in [1.165, 1.54) is 0 Å². The molecule has 0 radical (unpaired) electrons. The van der Waals surface area contributed by atoms with Crippen LogP contribution < -0.4 is 15.4 Å². The second-order valence-electron chi connectivity index (χ2n) is 7.77. The van der Waals surface area contributed by atoms with Crippen molar-refractivity contribution < 1.29 is 9.47 Å². The van der Waals surface area contributed by atoms with Crippen LogP contribution in [0.2, 0.25) is 0 Å². The van der Waals surface area contributed by atoms with Gasteiger partial charge in [-0.15, -0.1) is 24.0 Å². The molecule has 0 aliphatic carbocycles. The van der Waals surface area contributed by atoms with Gasteiger partial charge < -0.3 is 20.1 Å². The summed E-state index contributed by atoms with van der Waals surface area (Å²) in [5.74, 6) is 1.75. The van der Waals surface area contributed by atoms with Crippen molar-refractivity contribution in [2.75, 3.05) is 39.4 Å². The van der Waals surface area contributed by atoms with Crippen LogP contribution in [0.5, 0.6) is 5.75 Å². The van der Waals surface area contributed by atoms with Gasteiger partial charge in [0.15, 0.2) is 5.96 Å². The third-order valence-corrected chi connectivity index (χ3v) is 4.61. The minimum Gasteiger partial charge on any atom is -0.491 e. The Labute approximate surface area is 187 Å². The molecule has 1 aliphatic heterocycles. The summed E-state index contributed by atoms with van der Waals surface area (Å²) < 4.78 is 11.2. The molecule has 7 heteroatoms. The van der Waals surface area contributed by atoms with Crippen molar-refractivity contribution in [1.82, 2.24) is 15.5 Å². The fourth-order valence-corrected chi connectivity index (χ4v) is 3.04. The van der Waals surface area contributed by atoms with E-state index in [4.69, 9.17) is 14.5 Å². The van der Waals surface area contributed by atoms with Crippen molar-refractivity contribution in [2.45, 2.75) is 52.8 Å². The van der Waals surface area contributed by atoms with Gasteiger partial charge in [-0.05, 0) is 52.3 Å². The van der Waals surface area contributed by atoms with Crippen molar-refractivity contribution >= 4 is 29.9 Å². The molecule has 1 aromatic carbocycles. The van der Waals surface area contributed by atoms with Crippen molar-refractivity contribution in [3.8, 4) is 5.75 Å². The van der Waals surface area contributed by atoms with Gasteiger partial charge in [-0.1, -0.05) is 12.1 Å². The Balaban J connectivity index is 0.00000392. The van der Waals surface area contributed by atoms with Crippen molar-refractivity contribution in [3.63, 3.8) is 0 Å². The number of hydrogen-bond donors (Lipinski definition) is 2. The monoisotopic (exact) mass is 504 g/mol. The van der Waals surface area contributed by atoms with Crippen LogP contribution in [0.15, 0.2) is 29.3 Å². The number of guanidine groups is 1. The van der Waals surface area contributed by atoms with Gasteiger partial charge in [0.05, 0.1) is 25.9 Å². The number of nitrogens with zero attached hydrogens (tertiary/aromatic N) is 2. The van der Waals surface area contributed by atoms with Gasteiger partial charge in [-0.3, -0.25) is 4.90 Å².